The molecule has 0 saturated carbocycles. The van der Waals surface area contributed by atoms with Gasteiger partial charge in [-0.1, -0.05) is 0 Å². The van der Waals surface area contributed by atoms with Gasteiger partial charge in [0.1, 0.15) is 11.4 Å². The van der Waals surface area contributed by atoms with Gasteiger partial charge in [-0.25, -0.2) is 4.98 Å². The SMILES string of the molecule is COc1ccc(C(=O)C2CCN(C(=O)c3cnccn3)CC2)cc1C. The van der Waals surface area contributed by atoms with E-state index in [0.717, 1.165) is 11.3 Å². The Balaban J connectivity index is 1.63. The fourth-order valence-electron chi connectivity index (χ4n) is 3.18. The minimum absolute atomic E-state index is 0.0568. The van der Waals surface area contributed by atoms with Crippen molar-refractivity contribution in [2.45, 2.75) is 19.8 Å². The number of hydrogen-bond donors (Lipinski definition) is 0. The van der Waals surface area contributed by atoms with Crippen molar-refractivity contribution >= 4 is 11.7 Å². The van der Waals surface area contributed by atoms with Crippen molar-refractivity contribution in [2.75, 3.05) is 20.2 Å². The fourth-order valence-corrected chi connectivity index (χ4v) is 3.18. The van der Waals surface area contributed by atoms with Crippen molar-refractivity contribution in [3.8, 4) is 5.75 Å². The predicted molar refractivity (Wildman–Crippen MR) is 92.7 cm³/mol. The number of methoxy groups -OCH3 is 1. The van der Waals surface area contributed by atoms with Gasteiger partial charge in [-0.3, -0.25) is 14.6 Å². The first kappa shape index (κ1) is 17.1. The summed E-state index contributed by atoms with van der Waals surface area (Å²) in [5, 5.41) is 0. The predicted octanol–water partition coefficient (Wildman–Crippen LogP) is 2.53. The summed E-state index contributed by atoms with van der Waals surface area (Å²) in [6.45, 7) is 3.04. The Kier molecular flexibility index (Phi) is 5.07. The number of rotatable bonds is 4. The highest BCUT2D eigenvalue weighted by Crippen LogP contribution is 2.25. The lowest BCUT2D eigenvalue weighted by molar-refractivity contribution is 0.0645. The molecule has 0 atom stereocenters. The second-order valence-electron chi connectivity index (χ2n) is 6.21. The normalized spacial score (nSPS) is 15.0. The first-order valence-electron chi connectivity index (χ1n) is 8.34. The third kappa shape index (κ3) is 3.68. The van der Waals surface area contributed by atoms with E-state index in [1.165, 1.54) is 12.4 Å². The molecule has 0 aliphatic carbocycles. The molecule has 2 heterocycles. The van der Waals surface area contributed by atoms with Crippen LogP contribution in [-0.4, -0.2) is 46.8 Å². The van der Waals surface area contributed by atoms with Gasteiger partial charge in [-0.05, 0) is 43.5 Å². The van der Waals surface area contributed by atoms with Gasteiger partial charge in [0.25, 0.3) is 5.91 Å². The monoisotopic (exact) mass is 339 g/mol. The van der Waals surface area contributed by atoms with Crippen LogP contribution < -0.4 is 4.74 Å². The highest BCUT2D eigenvalue weighted by atomic mass is 16.5. The maximum absolute atomic E-state index is 12.7. The van der Waals surface area contributed by atoms with E-state index in [0.29, 0.717) is 37.2 Å². The lowest BCUT2D eigenvalue weighted by Crippen LogP contribution is -2.40. The van der Waals surface area contributed by atoms with Crippen LogP contribution in [0.25, 0.3) is 0 Å². The van der Waals surface area contributed by atoms with Crippen LogP contribution in [0.3, 0.4) is 0 Å². The molecule has 0 spiro atoms. The molecule has 25 heavy (non-hydrogen) atoms. The van der Waals surface area contributed by atoms with Gasteiger partial charge in [0.2, 0.25) is 0 Å². The van der Waals surface area contributed by atoms with Crippen LogP contribution in [0.15, 0.2) is 36.8 Å². The van der Waals surface area contributed by atoms with Gasteiger partial charge in [-0.15, -0.1) is 0 Å². The molecule has 130 valence electrons. The van der Waals surface area contributed by atoms with E-state index >= 15 is 0 Å². The zero-order valence-electron chi connectivity index (χ0n) is 14.4. The molecule has 0 bridgehead atoms. The van der Waals surface area contributed by atoms with E-state index < -0.39 is 0 Å². The molecular weight excluding hydrogens is 318 g/mol. The molecule has 0 radical (unpaired) electrons. The molecule has 6 heteroatoms. The lowest BCUT2D eigenvalue weighted by Gasteiger charge is -2.31. The molecule has 2 aromatic rings. The van der Waals surface area contributed by atoms with Crippen molar-refractivity contribution in [3.63, 3.8) is 0 Å². The Morgan fingerprint density at radius 3 is 2.56 bits per heavy atom. The third-order valence-electron chi connectivity index (χ3n) is 4.61. The van der Waals surface area contributed by atoms with Gasteiger partial charge in [0.15, 0.2) is 5.78 Å². The molecule has 1 fully saturated rings. The highest BCUT2D eigenvalue weighted by molar-refractivity contribution is 5.98. The average molecular weight is 339 g/mol. The summed E-state index contributed by atoms with van der Waals surface area (Å²) < 4.78 is 5.24. The number of nitrogens with zero attached hydrogens (tertiary/aromatic N) is 3. The van der Waals surface area contributed by atoms with E-state index in [4.69, 9.17) is 4.74 Å². The number of likely N-dealkylation sites (tertiary alicyclic amines) is 1. The number of benzene rings is 1. The lowest BCUT2D eigenvalue weighted by atomic mass is 9.88. The minimum atomic E-state index is -0.126. The summed E-state index contributed by atoms with van der Waals surface area (Å²) in [6.07, 6.45) is 5.85. The number of hydrogen-bond acceptors (Lipinski definition) is 5. The molecule has 1 aliphatic rings. The molecule has 0 unspecified atom stereocenters. The van der Waals surface area contributed by atoms with Crippen molar-refractivity contribution in [1.29, 1.82) is 0 Å². The van der Waals surface area contributed by atoms with Gasteiger partial charge < -0.3 is 9.64 Å². The van der Waals surface area contributed by atoms with Crippen molar-refractivity contribution in [3.05, 3.63) is 53.6 Å². The second-order valence-corrected chi connectivity index (χ2v) is 6.21. The summed E-state index contributed by atoms with van der Waals surface area (Å²) in [5.41, 5.74) is 2.00. The molecule has 1 aromatic heterocycles. The molecule has 1 amide bonds. The second kappa shape index (κ2) is 7.42. The number of carbonyl (C=O) groups is 2. The standard InChI is InChI=1S/C19H21N3O3/c1-13-11-15(3-4-17(13)25-2)18(23)14-5-9-22(10-6-14)19(24)16-12-20-7-8-21-16/h3-4,7-8,11-12,14H,5-6,9-10H2,1-2H3. The number of aromatic nitrogens is 2. The molecular formula is C19H21N3O3. The number of carbonyl (C=O) groups excluding carboxylic acids is 2. The van der Waals surface area contributed by atoms with E-state index in [2.05, 4.69) is 9.97 Å². The zero-order chi connectivity index (χ0) is 17.8. The number of Topliss-reactive ketones (excluding diaryl/α,β-unsaturated/α-hetero) is 1. The molecule has 1 aliphatic heterocycles. The van der Waals surface area contributed by atoms with Crippen LogP contribution in [0.5, 0.6) is 5.75 Å². The summed E-state index contributed by atoms with van der Waals surface area (Å²) in [5.74, 6) is 0.733. The van der Waals surface area contributed by atoms with Crippen LogP contribution >= 0.6 is 0 Å². The van der Waals surface area contributed by atoms with Crippen LogP contribution in [-0.2, 0) is 0 Å². The third-order valence-corrected chi connectivity index (χ3v) is 4.61. The Morgan fingerprint density at radius 2 is 1.96 bits per heavy atom. The number of ketones is 1. The van der Waals surface area contributed by atoms with Crippen LogP contribution in [0.4, 0.5) is 0 Å². The molecule has 0 N–H and O–H groups in total. The first-order chi connectivity index (χ1) is 12.1. The Hall–Kier alpha value is -2.76. The first-order valence-corrected chi connectivity index (χ1v) is 8.34. The van der Waals surface area contributed by atoms with E-state index in [9.17, 15) is 9.59 Å². The summed E-state index contributed by atoms with van der Waals surface area (Å²) in [4.78, 5) is 34.8. The van der Waals surface area contributed by atoms with E-state index in [-0.39, 0.29) is 17.6 Å². The summed E-state index contributed by atoms with van der Waals surface area (Å²) in [7, 11) is 1.62. The number of aryl methyl sites for hydroxylation is 1. The zero-order valence-corrected chi connectivity index (χ0v) is 14.4. The largest absolute Gasteiger partial charge is 0.496 e. The number of amides is 1. The molecule has 6 nitrogen and oxygen atoms in total. The average Bonchev–Trinajstić information content (AvgIpc) is 2.67. The molecule has 3 rings (SSSR count). The van der Waals surface area contributed by atoms with Crippen LogP contribution in [0.2, 0.25) is 0 Å². The van der Waals surface area contributed by atoms with Gasteiger partial charge >= 0.3 is 0 Å². The molecule has 1 saturated heterocycles. The van der Waals surface area contributed by atoms with Crippen molar-refractivity contribution < 1.29 is 14.3 Å². The Morgan fingerprint density at radius 1 is 1.20 bits per heavy atom. The summed E-state index contributed by atoms with van der Waals surface area (Å²) >= 11 is 0. The maximum Gasteiger partial charge on any atom is 0.274 e. The minimum Gasteiger partial charge on any atom is -0.496 e. The maximum atomic E-state index is 12.7. The van der Waals surface area contributed by atoms with E-state index in [1.807, 2.05) is 25.1 Å². The summed E-state index contributed by atoms with van der Waals surface area (Å²) in [6, 6.07) is 5.51. The Labute approximate surface area is 146 Å². The van der Waals surface area contributed by atoms with Crippen molar-refractivity contribution in [1.82, 2.24) is 14.9 Å². The van der Waals surface area contributed by atoms with Gasteiger partial charge in [0, 0.05) is 37.0 Å². The van der Waals surface area contributed by atoms with Crippen LogP contribution in [0.1, 0.15) is 39.3 Å². The number of piperidine rings is 1. The topological polar surface area (TPSA) is 72.4 Å². The Bertz CT molecular complexity index is 769. The number of ether oxygens (including phenoxy) is 1. The fraction of sp³-hybridized carbons (Fsp3) is 0.368. The molecule has 1 aromatic carbocycles. The quantitative estimate of drug-likeness (QED) is 0.801. The van der Waals surface area contributed by atoms with Crippen LogP contribution in [0, 0.1) is 12.8 Å². The smallest absolute Gasteiger partial charge is 0.274 e. The van der Waals surface area contributed by atoms with E-state index in [1.54, 1.807) is 18.2 Å². The highest BCUT2D eigenvalue weighted by Gasteiger charge is 2.29. The van der Waals surface area contributed by atoms with Crippen molar-refractivity contribution in [2.24, 2.45) is 5.92 Å². The van der Waals surface area contributed by atoms with Gasteiger partial charge in [0.05, 0.1) is 13.3 Å². The van der Waals surface area contributed by atoms with Gasteiger partial charge in [-0.2, -0.15) is 0 Å².